The standard InChI is InChI=1S/C24H26N2O/c1-18-13-14-19(2)22(17-18)26-24(27)23(21-11-7-4-8-12-21)25-16-15-20-9-5-3-6-10-20/h3-14,17,23,25H,15-16H2,1-2H3,(H,26,27)/p+1/t23-/m0/s1. The van der Waals surface area contributed by atoms with Crippen molar-refractivity contribution in [1.82, 2.24) is 0 Å². The van der Waals surface area contributed by atoms with Gasteiger partial charge in [0.15, 0.2) is 6.04 Å². The van der Waals surface area contributed by atoms with Gasteiger partial charge in [-0.25, -0.2) is 0 Å². The summed E-state index contributed by atoms with van der Waals surface area (Å²) in [6, 6.07) is 26.2. The minimum atomic E-state index is -0.269. The molecule has 0 spiro atoms. The van der Waals surface area contributed by atoms with Crippen LogP contribution in [0.4, 0.5) is 5.69 Å². The first-order valence-corrected chi connectivity index (χ1v) is 9.44. The second-order valence-electron chi connectivity index (χ2n) is 6.96. The third-order valence-electron chi connectivity index (χ3n) is 4.77. The van der Waals surface area contributed by atoms with Gasteiger partial charge in [-0.2, -0.15) is 0 Å². The van der Waals surface area contributed by atoms with E-state index in [-0.39, 0.29) is 11.9 Å². The van der Waals surface area contributed by atoms with Crippen LogP contribution < -0.4 is 10.6 Å². The van der Waals surface area contributed by atoms with Crippen molar-refractivity contribution >= 4 is 11.6 Å². The Morgan fingerprint density at radius 2 is 1.59 bits per heavy atom. The molecule has 3 nitrogen and oxygen atoms in total. The van der Waals surface area contributed by atoms with Crippen LogP contribution in [0.1, 0.15) is 28.3 Å². The Morgan fingerprint density at radius 1 is 0.926 bits per heavy atom. The van der Waals surface area contributed by atoms with Crippen LogP contribution in [0.15, 0.2) is 78.9 Å². The van der Waals surface area contributed by atoms with E-state index in [9.17, 15) is 4.79 Å². The predicted octanol–water partition coefficient (Wildman–Crippen LogP) is 3.79. The van der Waals surface area contributed by atoms with Gasteiger partial charge in [-0.1, -0.05) is 72.8 Å². The number of carbonyl (C=O) groups excluding carboxylic acids is 1. The topological polar surface area (TPSA) is 45.7 Å². The molecule has 3 heteroatoms. The van der Waals surface area contributed by atoms with Crippen LogP contribution in [-0.2, 0) is 11.2 Å². The average Bonchev–Trinajstić information content (AvgIpc) is 2.69. The number of nitrogens with one attached hydrogen (secondary N) is 1. The number of amides is 1. The summed E-state index contributed by atoms with van der Waals surface area (Å²) in [5, 5.41) is 5.26. The van der Waals surface area contributed by atoms with E-state index in [0.29, 0.717) is 0 Å². The third kappa shape index (κ3) is 5.28. The summed E-state index contributed by atoms with van der Waals surface area (Å²) in [4.78, 5) is 13.1. The number of aryl methyl sites for hydroxylation is 2. The number of quaternary nitrogens is 1. The smallest absolute Gasteiger partial charge is 0.287 e. The maximum Gasteiger partial charge on any atom is 0.287 e. The fraction of sp³-hybridized carbons (Fsp3) is 0.208. The zero-order valence-corrected chi connectivity index (χ0v) is 16.0. The fourth-order valence-corrected chi connectivity index (χ4v) is 3.20. The van der Waals surface area contributed by atoms with Gasteiger partial charge in [0.05, 0.1) is 6.54 Å². The van der Waals surface area contributed by atoms with Crippen LogP contribution in [0.25, 0.3) is 0 Å². The number of anilines is 1. The van der Waals surface area contributed by atoms with E-state index in [1.165, 1.54) is 5.56 Å². The highest BCUT2D eigenvalue weighted by molar-refractivity contribution is 5.95. The minimum Gasteiger partial charge on any atom is -0.332 e. The van der Waals surface area contributed by atoms with Crippen molar-refractivity contribution in [3.8, 4) is 0 Å². The highest BCUT2D eigenvalue weighted by atomic mass is 16.2. The lowest BCUT2D eigenvalue weighted by Crippen LogP contribution is -2.87. The largest absolute Gasteiger partial charge is 0.332 e. The van der Waals surface area contributed by atoms with Crippen LogP contribution in [0, 0.1) is 13.8 Å². The molecule has 0 radical (unpaired) electrons. The first-order chi connectivity index (χ1) is 13.1. The molecule has 0 unspecified atom stereocenters. The molecule has 0 aromatic heterocycles. The van der Waals surface area contributed by atoms with Gasteiger partial charge in [0.1, 0.15) is 0 Å². The lowest BCUT2D eigenvalue weighted by Gasteiger charge is -2.17. The molecule has 0 heterocycles. The lowest BCUT2D eigenvalue weighted by atomic mass is 10.0. The van der Waals surface area contributed by atoms with E-state index in [2.05, 4.69) is 41.0 Å². The summed E-state index contributed by atoms with van der Waals surface area (Å²) in [6.07, 6.45) is 0.931. The molecule has 0 bridgehead atoms. The molecule has 3 aromatic rings. The lowest BCUT2D eigenvalue weighted by molar-refractivity contribution is -0.682. The molecular weight excluding hydrogens is 332 g/mol. The Hall–Kier alpha value is -2.91. The first kappa shape index (κ1) is 18.9. The van der Waals surface area contributed by atoms with Crippen LogP contribution >= 0.6 is 0 Å². The van der Waals surface area contributed by atoms with E-state index < -0.39 is 0 Å². The molecule has 0 saturated carbocycles. The van der Waals surface area contributed by atoms with Crippen LogP contribution in [-0.4, -0.2) is 12.5 Å². The maximum atomic E-state index is 13.1. The molecule has 27 heavy (non-hydrogen) atoms. The third-order valence-corrected chi connectivity index (χ3v) is 4.77. The monoisotopic (exact) mass is 359 g/mol. The number of hydrogen-bond donors (Lipinski definition) is 2. The average molecular weight is 359 g/mol. The van der Waals surface area contributed by atoms with Gasteiger partial charge in [-0.15, -0.1) is 0 Å². The van der Waals surface area contributed by atoms with Gasteiger partial charge in [0, 0.05) is 17.7 Å². The van der Waals surface area contributed by atoms with Crippen molar-refractivity contribution in [2.75, 3.05) is 11.9 Å². The van der Waals surface area contributed by atoms with Gasteiger partial charge < -0.3 is 10.6 Å². The Morgan fingerprint density at radius 3 is 2.30 bits per heavy atom. The van der Waals surface area contributed by atoms with Crippen molar-refractivity contribution in [2.24, 2.45) is 0 Å². The summed E-state index contributed by atoms with van der Waals surface area (Å²) in [6.45, 7) is 4.91. The number of carbonyl (C=O) groups is 1. The van der Waals surface area contributed by atoms with Crippen LogP contribution in [0.3, 0.4) is 0 Å². The molecular formula is C24H27N2O+. The summed E-state index contributed by atoms with van der Waals surface area (Å²) in [7, 11) is 0. The Balaban J connectivity index is 1.73. The van der Waals surface area contributed by atoms with E-state index in [0.717, 1.165) is 35.3 Å². The summed E-state index contributed by atoms with van der Waals surface area (Å²) >= 11 is 0. The van der Waals surface area contributed by atoms with Gasteiger partial charge >= 0.3 is 0 Å². The first-order valence-electron chi connectivity index (χ1n) is 9.44. The zero-order valence-electron chi connectivity index (χ0n) is 16.0. The van der Waals surface area contributed by atoms with Crippen molar-refractivity contribution < 1.29 is 10.1 Å². The van der Waals surface area contributed by atoms with Gasteiger partial charge in [-0.3, -0.25) is 4.79 Å². The second kappa shape index (κ2) is 9.15. The van der Waals surface area contributed by atoms with Crippen LogP contribution in [0.2, 0.25) is 0 Å². The van der Waals surface area contributed by atoms with E-state index in [1.807, 2.05) is 62.4 Å². The normalized spacial score (nSPS) is 11.8. The highest BCUT2D eigenvalue weighted by Gasteiger charge is 2.24. The molecule has 138 valence electrons. The number of nitrogens with two attached hydrogens (primary N) is 1. The maximum absolute atomic E-state index is 13.1. The van der Waals surface area contributed by atoms with E-state index in [4.69, 9.17) is 0 Å². The molecule has 0 aliphatic rings. The van der Waals surface area contributed by atoms with Crippen molar-refractivity contribution in [2.45, 2.75) is 26.3 Å². The molecule has 1 amide bonds. The summed E-state index contributed by atoms with van der Waals surface area (Å²) in [5.41, 5.74) is 5.41. The fourth-order valence-electron chi connectivity index (χ4n) is 3.20. The highest BCUT2D eigenvalue weighted by Crippen LogP contribution is 2.18. The van der Waals surface area contributed by atoms with Crippen molar-refractivity contribution in [1.29, 1.82) is 0 Å². The molecule has 3 rings (SSSR count). The molecule has 1 atom stereocenters. The predicted molar refractivity (Wildman–Crippen MR) is 111 cm³/mol. The molecule has 3 N–H and O–H groups in total. The van der Waals surface area contributed by atoms with E-state index in [1.54, 1.807) is 0 Å². The quantitative estimate of drug-likeness (QED) is 0.662. The van der Waals surface area contributed by atoms with Crippen LogP contribution in [0.5, 0.6) is 0 Å². The Bertz CT molecular complexity index is 875. The number of rotatable bonds is 7. The molecule has 0 saturated heterocycles. The molecule has 3 aromatic carbocycles. The number of hydrogen-bond acceptors (Lipinski definition) is 1. The molecule has 0 aliphatic carbocycles. The van der Waals surface area contributed by atoms with Gasteiger partial charge in [0.25, 0.3) is 5.91 Å². The second-order valence-corrected chi connectivity index (χ2v) is 6.96. The van der Waals surface area contributed by atoms with Crippen molar-refractivity contribution in [3.05, 3.63) is 101 Å². The SMILES string of the molecule is Cc1ccc(C)c(NC(=O)[C@@H]([NH2+]CCc2ccccc2)c2ccccc2)c1. The molecule has 0 fully saturated rings. The Labute approximate surface area is 161 Å². The van der Waals surface area contributed by atoms with Gasteiger partial charge in [0.2, 0.25) is 0 Å². The number of benzene rings is 3. The van der Waals surface area contributed by atoms with E-state index >= 15 is 0 Å². The molecule has 0 aliphatic heterocycles. The zero-order chi connectivity index (χ0) is 19.1. The van der Waals surface area contributed by atoms with Gasteiger partial charge in [-0.05, 0) is 36.6 Å². The Kier molecular flexibility index (Phi) is 6.39. The summed E-state index contributed by atoms with van der Waals surface area (Å²) in [5.74, 6) is 0.0166. The minimum absolute atomic E-state index is 0.0166. The van der Waals surface area contributed by atoms with Crippen molar-refractivity contribution in [3.63, 3.8) is 0 Å². The summed E-state index contributed by atoms with van der Waals surface area (Å²) < 4.78 is 0.